The Hall–Kier alpha value is -6.32. The highest BCUT2D eigenvalue weighted by molar-refractivity contribution is 6.20. The van der Waals surface area contributed by atoms with Crippen molar-refractivity contribution in [1.82, 2.24) is 9.97 Å². The third-order valence-corrected chi connectivity index (χ3v) is 8.87. The number of hydrogen-bond acceptors (Lipinski definition) is 3. The van der Waals surface area contributed by atoms with E-state index in [2.05, 4.69) is 126 Å². The van der Waals surface area contributed by atoms with Crippen LogP contribution in [0.5, 0.6) is 0 Å². The van der Waals surface area contributed by atoms with E-state index < -0.39 is 0 Å². The van der Waals surface area contributed by atoms with Gasteiger partial charge in [-0.15, -0.1) is 0 Å². The first kappa shape index (κ1) is 28.2. The summed E-state index contributed by atoms with van der Waals surface area (Å²) < 4.78 is 0. The van der Waals surface area contributed by atoms with Crippen molar-refractivity contribution in [1.29, 1.82) is 0 Å². The van der Waals surface area contributed by atoms with E-state index in [1.54, 1.807) is 6.20 Å². The zero-order valence-corrected chi connectivity index (χ0v) is 25.8. The molecule has 3 heteroatoms. The summed E-state index contributed by atoms with van der Waals surface area (Å²) >= 11 is 0. The molecule has 0 saturated heterocycles. The zero-order valence-electron chi connectivity index (χ0n) is 25.8. The summed E-state index contributed by atoms with van der Waals surface area (Å²) in [6, 6.07) is 50.9. The van der Waals surface area contributed by atoms with E-state index in [1.807, 2.05) is 54.6 Å². The molecule has 0 aliphatic heterocycles. The summed E-state index contributed by atoms with van der Waals surface area (Å²) in [4.78, 5) is 11.7. The molecule has 2 aromatic heterocycles. The highest BCUT2D eigenvalue weighted by Gasteiger charge is 2.22. The molecule has 2 heterocycles. The molecule has 8 rings (SSSR count). The van der Waals surface area contributed by atoms with Gasteiger partial charge in [-0.1, -0.05) is 110 Å². The molecular weight excluding hydrogens is 571 g/mol. The van der Waals surface area contributed by atoms with E-state index in [1.165, 1.54) is 33.0 Å². The largest absolute Gasteiger partial charge is 0.311 e. The van der Waals surface area contributed by atoms with Crippen molar-refractivity contribution in [2.75, 3.05) is 4.90 Å². The number of anilines is 3. The minimum Gasteiger partial charge on any atom is -0.311 e. The molecule has 0 atom stereocenters. The summed E-state index contributed by atoms with van der Waals surface area (Å²) in [5.74, 6) is 0. The lowest BCUT2D eigenvalue weighted by Crippen LogP contribution is -2.09. The van der Waals surface area contributed by atoms with Crippen molar-refractivity contribution in [2.45, 2.75) is 0 Å². The quantitative estimate of drug-likeness (QED) is 0.173. The summed E-state index contributed by atoms with van der Waals surface area (Å²) in [6.07, 6.45) is 5.69. The van der Waals surface area contributed by atoms with E-state index >= 15 is 0 Å². The van der Waals surface area contributed by atoms with Crippen molar-refractivity contribution < 1.29 is 0 Å². The van der Waals surface area contributed by atoms with Gasteiger partial charge in [-0.3, -0.25) is 4.98 Å². The zero-order chi connectivity index (χ0) is 31.7. The molecule has 0 fully saturated rings. The van der Waals surface area contributed by atoms with Crippen LogP contribution >= 0.6 is 0 Å². The van der Waals surface area contributed by atoms with E-state index in [9.17, 15) is 0 Å². The van der Waals surface area contributed by atoms with Gasteiger partial charge in [0.15, 0.2) is 0 Å². The van der Waals surface area contributed by atoms with Gasteiger partial charge in [0.2, 0.25) is 0 Å². The minimum absolute atomic E-state index is 0.858. The van der Waals surface area contributed by atoms with Crippen LogP contribution in [0.1, 0.15) is 11.1 Å². The number of aromatic nitrogens is 2. The maximum absolute atomic E-state index is 4.91. The molecular formula is C44H31N3. The van der Waals surface area contributed by atoms with Gasteiger partial charge in [-0.2, -0.15) is 0 Å². The van der Waals surface area contributed by atoms with Crippen LogP contribution in [-0.4, -0.2) is 9.97 Å². The standard InChI is InChI=1S/C44H31N3/c1-3-35-36(4-2)40-28-27-37(39-15-10-14-38(35)44(39)40)30-19-23-33(24-20-30)47(32-12-6-5-7-13-32)34-25-21-31(22-26-34)41-17-11-18-43(46-41)42-16-8-9-29-45-42/h3-29H,1-2H2. The van der Waals surface area contributed by atoms with E-state index in [0.717, 1.165) is 50.9 Å². The second-order valence-corrected chi connectivity index (χ2v) is 11.5. The average Bonchev–Trinajstić information content (AvgIpc) is 3.47. The van der Waals surface area contributed by atoms with Crippen LogP contribution in [0.2, 0.25) is 0 Å². The third kappa shape index (κ3) is 4.95. The predicted molar refractivity (Wildman–Crippen MR) is 198 cm³/mol. The Balaban J connectivity index is 1.15. The molecule has 47 heavy (non-hydrogen) atoms. The van der Waals surface area contributed by atoms with Crippen LogP contribution in [0.3, 0.4) is 0 Å². The highest BCUT2D eigenvalue weighted by atomic mass is 15.1. The molecule has 5 aromatic carbocycles. The van der Waals surface area contributed by atoms with E-state index in [-0.39, 0.29) is 0 Å². The lowest BCUT2D eigenvalue weighted by molar-refractivity contribution is 1.24. The lowest BCUT2D eigenvalue weighted by Gasteiger charge is -2.26. The molecule has 0 radical (unpaired) electrons. The van der Waals surface area contributed by atoms with Gasteiger partial charge in [-0.05, 0) is 105 Å². The van der Waals surface area contributed by atoms with E-state index in [0.29, 0.717) is 0 Å². The normalized spacial score (nSPS) is 11.9. The fraction of sp³-hybridized carbons (Fsp3) is 0. The van der Waals surface area contributed by atoms with Crippen molar-refractivity contribution in [2.24, 2.45) is 0 Å². The van der Waals surface area contributed by atoms with Gasteiger partial charge < -0.3 is 4.90 Å². The summed E-state index contributed by atoms with van der Waals surface area (Å²) in [5.41, 5.74) is 14.0. The predicted octanol–water partition coefficient (Wildman–Crippen LogP) is 11.7. The maximum atomic E-state index is 4.91. The van der Waals surface area contributed by atoms with Gasteiger partial charge in [0.25, 0.3) is 0 Å². The Morgan fingerprint density at radius 3 is 1.70 bits per heavy atom. The molecule has 3 nitrogen and oxygen atoms in total. The molecule has 0 spiro atoms. The number of rotatable bonds is 8. The topological polar surface area (TPSA) is 29.0 Å². The Morgan fingerprint density at radius 1 is 0.447 bits per heavy atom. The second-order valence-electron chi connectivity index (χ2n) is 11.5. The van der Waals surface area contributed by atoms with Crippen LogP contribution in [-0.2, 0) is 0 Å². The van der Waals surface area contributed by atoms with Crippen LogP contribution in [0.25, 0.3) is 55.7 Å². The van der Waals surface area contributed by atoms with Crippen molar-refractivity contribution in [3.63, 3.8) is 0 Å². The van der Waals surface area contributed by atoms with Crippen molar-refractivity contribution >= 4 is 39.0 Å². The van der Waals surface area contributed by atoms with Crippen LogP contribution in [0, 0.1) is 0 Å². The van der Waals surface area contributed by atoms with Gasteiger partial charge in [0.05, 0.1) is 17.1 Å². The Morgan fingerprint density at radius 2 is 1.02 bits per heavy atom. The Kier molecular flexibility index (Phi) is 7.12. The minimum atomic E-state index is 0.858. The number of hydrogen-bond donors (Lipinski definition) is 0. The molecule has 0 saturated carbocycles. The third-order valence-electron chi connectivity index (χ3n) is 8.87. The number of benzene rings is 5. The van der Waals surface area contributed by atoms with Gasteiger partial charge in [-0.25, -0.2) is 4.98 Å². The molecule has 1 aliphatic rings. The van der Waals surface area contributed by atoms with Crippen LogP contribution < -0.4 is 4.90 Å². The SMILES string of the molecule is C=CC1=C(C=C)c2ccc(-c3ccc(N(c4ccccc4)c4ccc(-c5cccc(-c6ccccn6)n5)cc4)cc3)c3cccc1c23. The number of nitrogens with zero attached hydrogens (tertiary/aromatic N) is 3. The summed E-state index contributed by atoms with van der Waals surface area (Å²) in [5, 5.41) is 2.50. The van der Waals surface area contributed by atoms with Crippen molar-refractivity contribution in [3.05, 3.63) is 188 Å². The summed E-state index contributed by atoms with van der Waals surface area (Å²) in [7, 11) is 0. The number of para-hydroxylation sites is 1. The molecule has 1 aliphatic carbocycles. The summed E-state index contributed by atoms with van der Waals surface area (Å²) in [6.45, 7) is 8.17. The average molecular weight is 602 g/mol. The Bertz CT molecular complexity index is 2280. The second kappa shape index (κ2) is 11.9. The smallest absolute Gasteiger partial charge is 0.0893 e. The lowest BCUT2D eigenvalue weighted by atomic mass is 9.93. The molecule has 0 amide bonds. The van der Waals surface area contributed by atoms with Gasteiger partial charge >= 0.3 is 0 Å². The van der Waals surface area contributed by atoms with E-state index in [4.69, 9.17) is 4.98 Å². The van der Waals surface area contributed by atoms with Gasteiger partial charge in [0, 0.05) is 28.8 Å². The fourth-order valence-corrected chi connectivity index (χ4v) is 6.69. The highest BCUT2D eigenvalue weighted by Crippen LogP contribution is 2.46. The molecule has 0 unspecified atom stereocenters. The molecule has 0 bridgehead atoms. The van der Waals surface area contributed by atoms with Gasteiger partial charge in [0.1, 0.15) is 0 Å². The molecule has 7 aromatic rings. The van der Waals surface area contributed by atoms with Crippen LogP contribution in [0.4, 0.5) is 17.1 Å². The number of pyridine rings is 2. The first-order chi connectivity index (χ1) is 23.2. The fourth-order valence-electron chi connectivity index (χ4n) is 6.69. The van der Waals surface area contributed by atoms with Crippen molar-refractivity contribution in [3.8, 4) is 33.8 Å². The molecule has 0 N–H and O–H groups in total. The first-order valence-electron chi connectivity index (χ1n) is 15.7. The van der Waals surface area contributed by atoms with Crippen LogP contribution in [0.15, 0.2) is 177 Å². The first-order valence-corrected chi connectivity index (χ1v) is 15.7. The number of allylic oxidation sites excluding steroid dienone is 4. The monoisotopic (exact) mass is 601 g/mol. The maximum Gasteiger partial charge on any atom is 0.0893 e. The molecule has 222 valence electrons. The Labute approximate surface area is 275 Å².